The maximum atomic E-state index is 13.4. The van der Waals surface area contributed by atoms with Crippen LogP contribution in [0.25, 0.3) is 0 Å². The van der Waals surface area contributed by atoms with E-state index in [0.29, 0.717) is 11.3 Å². The Morgan fingerprint density at radius 2 is 1.64 bits per heavy atom. The number of hydrazine groups is 1. The van der Waals surface area contributed by atoms with Gasteiger partial charge in [0.2, 0.25) is 5.91 Å². The second kappa shape index (κ2) is 9.81. The Hall–Kier alpha value is -3.75. The normalized spacial score (nSPS) is 9.93. The van der Waals surface area contributed by atoms with Crippen molar-refractivity contribution in [1.29, 1.82) is 0 Å². The summed E-state index contributed by atoms with van der Waals surface area (Å²) in [4.78, 5) is 46.1. The maximum Gasteiger partial charge on any atom is 0.310 e. The van der Waals surface area contributed by atoms with Crippen LogP contribution in [0.4, 0.5) is 10.1 Å². The van der Waals surface area contributed by atoms with Gasteiger partial charge in [-0.15, -0.1) is 0 Å². The van der Waals surface area contributed by atoms with Crippen LogP contribution >= 0.6 is 0 Å². The molecule has 0 aliphatic rings. The maximum absolute atomic E-state index is 13.4. The molecule has 0 aromatic heterocycles. The molecule has 0 spiro atoms. The first-order valence-electron chi connectivity index (χ1n) is 8.21. The number of anilines is 1. The third-order valence-electron chi connectivity index (χ3n) is 3.42. The highest BCUT2D eigenvalue weighted by molar-refractivity contribution is 5.95. The molecule has 0 heterocycles. The molecule has 8 nitrogen and oxygen atoms in total. The average molecular weight is 387 g/mol. The molecule has 3 N–H and O–H groups in total. The number of carbonyl (C=O) groups excluding carboxylic acids is 4. The van der Waals surface area contributed by atoms with Crippen LogP contribution in [0.5, 0.6) is 0 Å². The summed E-state index contributed by atoms with van der Waals surface area (Å²) in [6.07, 6.45) is -0.0742. The van der Waals surface area contributed by atoms with E-state index in [1.54, 1.807) is 24.3 Å². The van der Waals surface area contributed by atoms with Gasteiger partial charge in [0.05, 0.1) is 12.0 Å². The van der Waals surface area contributed by atoms with E-state index in [0.717, 1.165) is 6.07 Å². The molecule has 0 aliphatic heterocycles. The molecular weight excluding hydrogens is 369 g/mol. The lowest BCUT2D eigenvalue weighted by molar-refractivity contribution is -0.148. The summed E-state index contributed by atoms with van der Waals surface area (Å²) in [5, 5.41) is 2.60. The Morgan fingerprint density at radius 3 is 2.29 bits per heavy atom. The lowest BCUT2D eigenvalue weighted by atomic mass is 10.1. The summed E-state index contributed by atoms with van der Waals surface area (Å²) in [5.74, 6) is -3.20. The van der Waals surface area contributed by atoms with E-state index >= 15 is 0 Å². The Balaban J connectivity index is 1.73. The molecule has 9 heteroatoms. The van der Waals surface area contributed by atoms with E-state index in [1.165, 1.54) is 25.1 Å². The number of hydrogen-bond acceptors (Lipinski definition) is 5. The van der Waals surface area contributed by atoms with Crippen molar-refractivity contribution in [2.75, 3.05) is 11.9 Å². The van der Waals surface area contributed by atoms with Gasteiger partial charge < -0.3 is 10.1 Å². The van der Waals surface area contributed by atoms with Crippen molar-refractivity contribution in [2.24, 2.45) is 0 Å². The van der Waals surface area contributed by atoms with Crippen molar-refractivity contribution >= 4 is 29.4 Å². The van der Waals surface area contributed by atoms with Gasteiger partial charge in [-0.25, -0.2) is 4.39 Å². The summed E-state index contributed by atoms with van der Waals surface area (Å²) in [6.45, 7) is 0.773. The lowest BCUT2D eigenvalue weighted by Gasteiger charge is -2.09. The largest absolute Gasteiger partial charge is 0.455 e. The highest BCUT2D eigenvalue weighted by Crippen LogP contribution is 2.10. The van der Waals surface area contributed by atoms with Crippen LogP contribution in [0, 0.1) is 5.82 Å². The molecule has 0 aliphatic carbocycles. The van der Waals surface area contributed by atoms with Crippen LogP contribution < -0.4 is 16.2 Å². The zero-order valence-electron chi connectivity index (χ0n) is 15.0. The zero-order valence-corrected chi connectivity index (χ0v) is 15.0. The highest BCUT2D eigenvalue weighted by Gasteiger charge is 2.13. The summed E-state index contributed by atoms with van der Waals surface area (Å²) in [6, 6.07) is 11.8. The molecule has 2 rings (SSSR count). The molecule has 0 unspecified atom stereocenters. The number of esters is 1. The third-order valence-corrected chi connectivity index (χ3v) is 3.42. The predicted molar refractivity (Wildman–Crippen MR) is 97.4 cm³/mol. The number of hydrogen-bond donors (Lipinski definition) is 3. The van der Waals surface area contributed by atoms with Gasteiger partial charge in [0, 0.05) is 12.6 Å². The Morgan fingerprint density at radius 1 is 0.964 bits per heavy atom. The topological polar surface area (TPSA) is 114 Å². The molecule has 0 fully saturated rings. The first-order valence-corrected chi connectivity index (χ1v) is 8.21. The van der Waals surface area contributed by atoms with Crippen LogP contribution in [-0.2, 0) is 25.5 Å². The molecule has 0 saturated heterocycles. The van der Waals surface area contributed by atoms with Crippen LogP contribution in [0.1, 0.15) is 22.8 Å². The highest BCUT2D eigenvalue weighted by atomic mass is 19.1. The fraction of sp³-hybridized carbons (Fsp3) is 0.158. The molecular formula is C19H18FN3O5. The van der Waals surface area contributed by atoms with E-state index in [1.807, 2.05) is 10.9 Å². The molecule has 0 saturated carbocycles. The van der Waals surface area contributed by atoms with Crippen molar-refractivity contribution in [3.8, 4) is 0 Å². The smallest absolute Gasteiger partial charge is 0.310 e. The number of amides is 3. The first-order chi connectivity index (χ1) is 13.3. The summed E-state index contributed by atoms with van der Waals surface area (Å²) in [7, 11) is 0. The number of nitrogens with one attached hydrogen (secondary N) is 3. The fourth-order valence-electron chi connectivity index (χ4n) is 2.15. The van der Waals surface area contributed by atoms with Crippen molar-refractivity contribution in [1.82, 2.24) is 10.9 Å². The SMILES string of the molecule is CC(=O)Nc1ccc(CC(=O)OCC(=O)NNC(=O)c2ccccc2F)cc1. The second-order valence-electron chi connectivity index (χ2n) is 5.70. The Bertz CT molecular complexity index is 883. The van der Waals surface area contributed by atoms with Gasteiger partial charge in [-0.1, -0.05) is 24.3 Å². The minimum atomic E-state index is -0.836. The molecule has 0 radical (unpaired) electrons. The van der Waals surface area contributed by atoms with Crippen molar-refractivity contribution in [3.63, 3.8) is 0 Å². The van der Waals surface area contributed by atoms with Gasteiger partial charge >= 0.3 is 5.97 Å². The fourth-order valence-corrected chi connectivity index (χ4v) is 2.15. The quantitative estimate of drug-likeness (QED) is 0.511. The van der Waals surface area contributed by atoms with Gasteiger partial charge in [-0.3, -0.25) is 30.0 Å². The Labute approximate surface area is 160 Å². The molecule has 2 aromatic carbocycles. The van der Waals surface area contributed by atoms with E-state index in [2.05, 4.69) is 5.32 Å². The third kappa shape index (κ3) is 6.52. The number of benzene rings is 2. The first kappa shape index (κ1) is 20.6. The van der Waals surface area contributed by atoms with Crippen LogP contribution in [0.15, 0.2) is 48.5 Å². The van der Waals surface area contributed by atoms with Crippen LogP contribution in [0.2, 0.25) is 0 Å². The molecule has 146 valence electrons. The van der Waals surface area contributed by atoms with Gasteiger partial charge in [0.15, 0.2) is 6.61 Å². The molecule has 28 heavy (non-hydrogen) atoms. The predicted octanol–water partition coefficient (Wildman–Crippen LogP) is 1.33. The van der Waals surface area contributed by atoms with Gasteiger partial charge in [0.25, 0.3) is 11.8 Å². The molecule has 0 atom stereocenters. The number of rotatable bonds is 6. The summed E-state index contributed by atoms with van der Waals surface area (Å²) >= 11 is 0. The zero-order chi connectivity index (χ0) is 20.5. The number of halogens is 1. The van der Waals surface area contributed by atoms with Crippen molar-refractivity contribution in [2.45, 2.75) is 13.3 Å². The van der Waals surface area contributed by atoms with Gasteiger partial charge in [-0.05, 0) is 29.8 Å². The van der Waals surface area contributed by atoms with E-state index in [-0.39, 0.29) is 17.9 Å². The van der Waals surface area contributed by atoms with Gasteiger partial charge in [-0.2, -0.15) is 0 Å². The molecule has 0 bridgehead atoms. The Kier molecular flexibility index (Phi) is 7.21. The van der Waals surface area contributed by atoms with Crippen molar-refractivity contribution in [3.05, 3.63) is 65.5 Å². The van der Waals surface area contributed by atoms with Crippen molar-refractivity contribution < 1.29 is 28.3 Å². The number of ether oxygens (including phenoxy) is 1. The number of carbonyl (C=O) groups is 4. The summed E-state index contributed by atoms with van der Waals surface area (Å²) < 4.78 is 18.3. The van der Waals surface area contributed by atoms with Gasteiger partial charge in [0.1, 0.15) is 5.82 Å². The summed E-state index contributed by atoms with van der Waals surface area (Å²) in [5.41, 5.74) is 5.05. The standard InChI is InChI=1S/C19H18FN3O5/c1-12(24)21-14-8-6-13(7-9-14)10-18(26)28-11-17(25)22-23-19(27)15-4-2-3-5-16(15)20/h2-9H,10-11H2,1H3,(H,21,24)(H,22,25)(H,23,27). The minimum absolute atomic E-state index is 0.0742. The van der Waals surface area contributed by atoms with E-state index in [9.17, 15) is 23.6 Å². The van der Waals surface area contributed by atoms with Crippen LogP contribution in [-0.4, -0.2) is 30.3 Å². The second-order valence-corrected chi connectivity index (χ2v) is 5.70. The van der Waals surface area contributed by atoms with Crippen LogP contribution in [0.3, 0.4) is 0 Å². The molecule has 2 aromatic rings. The minimum Gasteiger partial charge on any atom is -0.455 e. The average Bonchev–Trinajstić information content (AvgIpc) is 2.66. The lowest BCUT2D eigenvalue weighted by Crippen LogP contribution is -2.43. The monoisotopic (exact) mass is 387 g/mol. The van der Waals surface area contributed by atoms with E-state index < -0.39 is 30.2 Å². The molecule has 3 amide bonds. The van der Waals surface area contributed by atoms with E-state index in [4.69, 9.17) is 4.74 Å².